The molecule has 0 aliphatic carbocycles. The summed E-state index contributed by atoms with van der Waals surface area (Å²) in [6, 6.07) is 15.6. The molecule has 7 heteroatoms. The van der Waals surface area contributed by atoms with Crippen LogP contribution in [0.15, 0.2) is 53.7 Å². The fourth-order valence-corrected chi connectivity index (χ4v) is 3.60. The fraction of sp³-hybridized carbons (Fsp3) is 0.286. The number of benzene rings is 2. The molecule has 1 aliphatic heterocycles. The van der Waals surface area contributed by atoms with Gasteiger partial charge in [-0.3, -0.25) is 9.69 Å². The van der Waals surface area contributed by atoms with Crippen molar-refractivity contribution in [1.29, 1.82) is 0 Å². The number of para-hydroxylation sites is 3. The standard InChI is InChI=1S/C21H22N4O3/c1-27-13-7-12-24-18-11-6-4-9-16(18)22-19(24)14-25-17-10-5-3-8-15(17)20(21(25)26)23-28-2/h3-6,8-11H,7,12-14H2,1-2H3/b23-20+. The Morgan fingerprint density at radius 3 is 2.68 bits per heavy atom. The first-order valence-corrected chi connectivity index (χ1v) is 9.20. The van der Waals surface area contributed by atoms with E-state index in [9.17, 15) is 4.79 Å². The van der Waals surface area contributed by atoms with Crippen LogP contribution in [0.4, 0.5) is 5.69 Å². The third-order valence-electron chi connectivity index (χ3n) is 4.84. The minimum atomic E-state index is -0.182. The monoisotopic (exact) mass is 378 g/mol. The summed E-state index contributed by atoms with van der Waals surface area (Å²) in [7, 11) is 3.14. The Morgan fingerprint density at radius 1 is 1.07 bits per heavy atom. The number of ether oxygens (including phenoxy) is 1. The lowest BCUT2D eigenvalue weighted by Crippen LogP contribution is -2.31. The van der Waals surface area contributed by atoms with Gasteiger partial charge in [-0.2, -0.15) is 0 Å². The largest absolute Gasteiger partial charge is 0.398 e. The van der Waals surface area contributed by atoms with Gasteiger partial charge in [-0.1, -0.05) is 35.5 Å². The van der Waals surface area contributed by atoms with Crippen LogP contribution in [-0.2, 0) is 27.5 Å². The molecule has 1 amide bonds. The van der Waals surface area contributed by atoms with E-state index < -0.39 is 0 Å². The van der Waals surface area contributed by atoms with Crippen LogP contribution in [0.25, 0.3) is 11.0 Å². The highest BCUT2D eigenvalue weighted by Gasteiger charge is 2.35. The van der Waals surface area contributed by atoms with E-state index in [1.54, 1.807) is 12.0 Å². The van der Waals surface area contributed by atoms with Gasteiger partial charge >= 0.3 is 0 Å². The molecule has 0 unspecified atom stereocenters. The molecular weight excluding hydrogens is 356 g/mol. The number of aromatic nitrogens is 2. The van der Waals surface area contributed by atoms with Crippen molar-refractivity contribution >= 4 is 28.3 Å². The Balaban J connectivity index is 1.73. The van der Waals surface area contributed by atoms with Gasteiger partial charge in [-0.25, -0.2) is 4.98 Å². The Hall–Kier alpha value is -3.19. The van der Waals surface area contributed by atoms with E-state index in [1.807, 2.05) is 42.5 Å². The molecule has 1 aromatic heterocycles. The van der Waals surface area contributed by atoms with Crippen molar-refractivity contribution in [2.75, 3.05) is 25.7 Å². The molecule has 144 valence electrons. The zero-order chi connectivity index (χ0) is 19.5. The molecule has 4 rings (SSSR count). The Labute approximate surface area is 163 Å². The number of amides is 1. The molecule has 0 saturated carbocycles. The van der Waals surface area contributed by atoms with Crippen molar-refractivity contribution in [1.82, 2.24) is 9.55 Å². The van der Waals surface area contributed by atoms with Gasteiger partial charge in [0, 0.05) is 25.8 Å². The number of hydrogen-bond acceptors (Lipinski definition) is 5. The van der Waals surface area contributed by atoms with Gasteiger partial charge in [0.15, 0.2) is 5.71 Å². The third kappa shape index (κ3) is 3.14. The fourth-order valence-electron chi connectivity index (χ4n) is 3.60. The summed E-state index contributed by atoms with van der Waals surface area (Å²) in [6.07, 6.45) is 0.866. The zero-order valence-electron chi connectivity index (χ0n) is 16.0. The van der Waals surface area contributed by atoms with E-state index in [2.05, 4.69) is 15.8 Å². The number of oxime groups is 1. The first-order chi connectivity index (χ1) is 13.7. The molecule has 7 nitrogen and oxygen atoms in total. The number of carbonyl (C=O) groups is 1. The molecule has 3 aromatic rings. The minimum absolute atomic E-state index is 0.182. The van der Waals surface area contributed by atoms with Gasteiger partial charge in [-0.15, -0.1) is 0 Å². The summed E-state index contributed by atoms with van der Waals surface area (Å²) in [5.41, 5.74) is 3.88. The Kier molecular flexibility index (Phi) is 5.08. The first kappa shape index (κ1) is 18.2. The smallest absolute Gasteiger partial charge is 0.281 e. The van der Waals surface area contributed by atoms with Crippen LogP contribution in [0.5, 0.6) is 0 Å². The van der Waals surface area contributed by atoms with E-state index in [4.69, 9.17) is 14.6 Å². The molecule has 0 fully saturated rings. The second-order valence-corrected chi connectivity index (χ2v) is 6.55. The van der Waals surface area contributed by atoms with Crippen LogP contribution in [0.1, 0.15) is 17.8 Å². The van der Waals surface area contributed by atoms with Crippen LogP contribution in [0, 0.1) is 0 Å². The van der Waals surface area contributed by atoms with E-state index in [0.29, 0.717) is 18.9 Å². The predicted molar refractivity (Wildman–Crippen MR) is 107 cm³/mol. The molecule has 0 spiro atoms. The predicted octanol–water partition coefficient (Wildman–Crippen LogP) is 2.97. The van der Waals surface area contributed by atoms with E-state index in [0.717, 1.165) is 41.1 Å². The minimum Gasteiger partial charge on any atom is -0.398 e. The van der Waals surface area contributed by atoms with E-state index >= 15 is 0 Å². The highest BCUT2D eigenvalue weighted by Crippen LogP contribution is 2.31. The SMILES string of the molecule is COCCCn1c(CN2C(=O)/C(=N/OC)c3ccccc32)nc2ccccc21. The van der Waals surface area contributed by atoms with Crippen molar-refractivity contribution in [3.05, 3.63) is 59.9 Å². The van der Waals surface area contributed by atoms with Gasteiger partial charge in [-0.05, 0) is 24.6 Å². The molecule has 1 aliphatic rings. The summed E-state index contributed by atoms with van der Waals surface area (Å²) in [4.78, 5) is 24.4. The van der Waals surface area contributed by atoms with Crippen molar-refractivity contribution in [3.8, 4) is 0 Å². The number of rotatable bonds is 7. The second kappa shape index (κ2) is 7.82. The molecule has 28 heavy (non-hydrogen) atoms. The molecule has 2 aromatic carbocycles. The highest BCUT2D eigenvalue weighted by atomic mass is 16.6. The highest BCUT2D eigenvalue weighted by molar-refractivity contribution is 6.54. The molecule has 0 atom stereocenters. The second-order valence-electron chi connectivity index (χ2n) is 6.55. The topological polar surface area (TPSA) is 69.0 Å². The van der Waals surface area contributed by atoms with Gasteiger partial charge in [0.05, 0.1) is 23.3 Å². The number of anilines is 1. The third-order valence-corrected chi connectivity index (χ3v) is 4.84. The summed E-state index contributed by atoms with van der Waals surface area (Å²) in [5.74, 6) is 0.651. The quantitative estimate of drug-likeness (QED) is 0.468. The summed E-state index contributed by atoms with van der Waals surface area (Å²) in [5, 5.41) is 3.95. The maximum atomic E-state index is 13.0. The normalized spacial score (nSPS) is 14.9. The number of hydrogen-bond donors (Lipinski definition) is 0. The Bertz CT molecular complexity index is 1040. The number of fused-ring (bicyclic) bond motifs is 2. The average molecular weight is 378 g/mol. The van der Waals surface area contributed by atoms with Gasteiger partial charge in [0.2, 0.25) is 0 Å². The van der Waals surface area contributed by atoms with Crippen molar-refractivity contribution < 1.29 is 14.4 Å². The Morgan fingerprint density at radius 2 is 1.86 bits per heavy atom. The maximum absolute atomic E-state index is 13.0. The first-order valence-electron chi connectivity index (χ1n) is 9.20. The summed E-state index contributed by atoms with van der Waals surface area (Å²) >= 11 is 0. The molecule has 2 heterocycles. The van der Waals surface area contributed by atoms with Crippen molar-refractivity contribution in [3.63, 3.8) is 0 Å². The number of aryl methyl sites for hydroxylation is 1. The number of imidazole rings is 1. The molecule has 0 saturated heterocycles. The van der Waals surface area contributed by atoms with Gasteiger partial charge in [0.25, 0.3) is 5.91 Å². The van der Waals surface area contributed by atoms with E-state index in [-0.39, 0.29) is 5.91 Å². The van der Waals surface area contributed by atoms with E-state index in [1.165, 1.54) is 7.11 Å². The van der Waals surface area contributed by atoms with Gasteiger partial charge in [0.1, 0.15) is 12.9 Å². The lowest BCUT2D eigenvalue weighted by Gasteiger charge is -2.17. The van der Waals surface area contributed by atoms with Crippen LogP contribution in [0.3, 0.4) is 0 Å². The number of carbonyl (C=O) groups excluding carboxylic acids is 1. The maximum Gasteiger partial charge on any atom is 0.281 e. The van der Waals surface area contributed by atoms with Crippen molar-refractivity contribution in [2.24, 2.45) is 5.16 Å². The van der Waals surface area contributed by atoms with Crippen LogP contribution >= 0.6 is 0 Å². The molecule has 0 radical (unpaired) electrons. The lowest BCUT2D eigenvalue weighted by atomic mass is 10.1. The molecule has 0 bridgehead atoms. The van der Waals surface area contributed by atoms with Crippen LogP contribution in [0.2, 0.25) is 0 Å². The zero-order valence-corrected chi connectivity index (χ0v) is 16.0. The average Bonchev–Trinajstić information content (AvgIpc) is 3.19. The molecular formula is C21H22N4O3. The summed E-state index contributed by atoms with van der Waals surface area (Å²) in [6.45, 7) is 1.80. The van der Waals surface area contributed by atoms with Gasteiger partial charge < -0.3 is 14.1 Å². The summed E-state index contributed by atoms with van der Waals surface area (Å²) < 4.78 is 7.36. The lowest BCUT2D eigenvalue weighted by molar-refractivity contribution is -0.112. The van der Waals surface area contributed by atoms with Crippen molar-refractivity contribution in [2.45, 2.75) is 19.5 Å². The number of nitrogens with zero attached hydrogens (tertiary/aromatic N) is 4. The van der Waals surface area contributed by atoms with Crippen LogP contribution < -0.4 is 4.90 Å². The molecule has 0 N–H and O–H groups in total. The number of methoxy groups -OCH3 is 1. The van der Waals surface area contributed by atoms with Crippen LogP contribution in [-0.4, -0.2) is 42.0 Å².